The van der Waals surface area contributed by atoms with Gasteiger partial charge in [-0.3, -0.25) is 9.44 Å². The van der Waals surface area contributed by atoms with Crippen molar-refractivity contribution in [3.8, 4) is 0 Å². The van der Waals surface area contributed by atoms with Crippen LogP contribution in [0, 0.1) is 0 Å². The lowest BCUT2D eigenvalue weighted by Crippen LogP contribution is -2.17. The normalized spacial score (nSPS) is 11.2. The Labute approximate surface area is 311 Å². The Balaban J connectivity index is 0.000000238. The van der Waals surface area contributed by atoms with Gasteiger partial charge in [-0.05, 0) is 96.3 Å². The van der Waals surface area contributed by atoms with Gasteiger partial charge in [-0.15, -0.1) is 0 Å². The molecule has 0 bridgehead atoms. The van der Waals surface area contributed by atoms with Crippen molar-refractivity contribution in [3.63, 3.8) is 0 Å². The lowest BCUT2D eigenvalue weighted by molar-refractivity contribution is 0.0686. The molecule has 0 aromatic heterocycles. The molecule has 53 heavy (non-hydrogen) atoms. The SMILES string of the molecule is CCCCS(=O)(=O)Nc1ccccc1CCc1ccc(C(=O)O)cc1.O=C(O)c1ccc(CCc2ccccc2NS(=O)(=O)Cc2ccccc2)cc1. The van der Waals surface area contributed by atoms with Gasteiger partial charge >= 0.3 is 11.9 Å². The molecule has 10 nitrogen and oxygen atoms in total. The predicted molar refractivity (Wildman–Crippen MR) is 210 cm³/mol. The van der Waals surface area contributed by atoms with E-state index in [9.17, 15) is 26.4 Å². The Hall–Kier alpha value is -5.46. The monoisotopic (exact) mass is 756 g/mol. The van der Waals surface area contributed by atoms with E-state index in [1.54, 1.807) is 78.9 Å². The zero-order valence-corrected chi connectivity index (χ0v) is 31.1. The van der Waals surface area contributed by atoms with E-state index in [4.69, 9.17) is 10.2 Å². The van der Waals surface area contributed by atoms with Crippen molar-refractivity contribution in [1.29, 1.82) is 0 Å². The maximum absolute atomic E-state index is 12.5. The van der Waals surface area contributed by atoms with Crippen LogP contribution in [0.5, 0.6) is 0 Å². The Morgan fingerprint density at radius 2 is 0.925 bits per heavy atom. The van der Waals surface area contributed by atoms with Crippen molar-refractivity contribution in [2.45, 2.75) is 51.2 Å². The summed E-state index contributed by atoms with van der Waals surface area (Å²) in [5, 5.41) is 17.9. The molecule has 0 unspecified atom stereocenters. The molecule has 0 amide bonds. The van der Waals surface area contributed by atoms with Gasteiger partial charge in [0.15, 0.2) is 0 Å². The Bertz CT molecular complexity index is 2170. The van der Waals surface area contributed by atoms with Crippen molar-refractivity contribution in [2.24, 2.45) is 0 Å². The third-order valence-electron chi connectivity index (χ3n) is 8.30. The Morgan fingerprint density at radius 1 is 0.509 bits per heavy atom. The number of sulfonamides is 2. The van der Waals surface area contributed by atoms with Crippen LogP contribution in [0.1, 0.15) is 68.3 Å². The summed E-state index contributed by atoms with van der Waals surface area (Å²) in [4.78, 5) is 21.8. The number of aryl methyl sites for hydroxylation is 4. The van der Waals surface area contributed by atoms with Gasteiger partial charge in [0.1, 0.15) is 0 Å². The van der Waals surface area contributed by atoms with Gasteiger partial charge in [-0.2, -0.15) is 0 Å². The molecule has 0 saturated carbocycles. The van der Waals surface area contributed by atoms with Crippen LogP contribution < -0.4 is 9.44 Å². The number of nitrogens with one attached hydrogen (secondary N) is 2. The van der Waals surface area contributed by atoms with E-state index in [0.717, 1.165) is 34.2 Å². The molecule has 0 heterocycles. The topological polar surface area (TPSA) is 167 Å². The van der Waals surface area contributed by atoms with Crippen molar-refractivity contribution >= 4 is 43.4 Å². The summed E-state index contributed by atoms with van der Waals surface area (Å²) in [6.07, 6.45) is 4.14. The highest BCUT2D eigenvalue weighted by molar-refractivity contribution is 7.92. The molecule has 0 aliphatic rings. The number of aromatic carboxylic acids is 2. The summed E-state index contributed by atoms with van der Waals surface area (Å²) in [5.74, 6) is -1.86. The van der Waals surface area contributed by atoms with E-state index in [1.807, 2.05) is 55.5 Å². The molecule has 5 aromatic rings. The molecular formula is C41H44N2O8S2. The van der Waals surface area contributed by atoms with Gasteiger partial charge < -0.3 is 10.2 Å². The predicted octanol–water partition coefficient (Wildman–Crippen LogP) is 7.82. The van der Waals surface area contributed by atoms with Crippen molar-refractivity contribution in [1.82, 2.24) is 0 Å². The molecule has 5 aromatic carbocycles. The minimum atomic E-state index is -3.52. The summed E-state index contributed by atoms with van der Waals surface area (Å²) >= 11 is 0. The van der Waals surface area contributed by atoms with Crippen molar-refractivity contribution < 1.29 is 36.6 Å². The minimum Gasteiger partial charge on any atom is -0.478 e. The molecular weight excluding hydrogens is 713 g/mol. The molecule has 0 atom stereocenters. The molecule has 0 radical (unpaired) electrons. The number of para-hydroxylation sites is 2. The third-order valence-corrected chi connectivity index (χ3v) is 10.9. The summed E-state index contributed by atoms with van der Waals surface area (Å²) in [5.41, 5.74) is 6.23. The largest absolute Gasteiger partial charge is 0.478 e. The van der Waals surface area contributed by atoms with Crippen LogP contribution in [0.2, 0.25) is 0 Å². The fourth-order valence-electron chi connectivity index (χ4n) is 5.41. The van der Waals surface area contributed by atoms with E-state index in [-0.39, 0.29) is 22.6 Å². The number of carbonyl (C=O) groups is 2. The number of rotatable bonds is 17. The molecule has 4 N–H and O–H groups in total. The number of carboxylic acid groups (broad SMARTS) is 2. The number of carboxylic acids is 2. The molecule has 278 valence electrons. The lowest BCUT2D eigenvalue weighted by atomic mass is 10.0. The highest BCUT2D eigenvalue weighted by Crippen LogP contribution is 2.22. The third kappa shape index (κ3) is 13.6. The zero-order chi connectivity index (χ0) is 38.3. The van der Waals surface area contributed by atoms with Gasteiger partial charge in [0, 0.05) is 0 Å². The first-order valence-corrected chi connectivity index (χ1v) is 20.5. The summed E-state index contributed by atoms with van der Waals surface area (Å²) < 4.78 is 54.7. The van der Waals surface area contributed by atoms with Crippen LogP contribution in [0.4, 0.5) is 11.4 Å². The van der Waals surface area contributed by atoms with Gasteiger partial charge in [-0.1, -0.05) is 104 Å². The standard InChI is InChI=1S/C22H21NO4S.C19H23NO4S/c24-22(25)20-14-11-17(12-15-20)10-13-19-8-4-5-9-21(19)23-28(26,27)16-18-6-2-1-3-7-18;1-2-3-14-25(23,24)20-18-7-5-4-6-16(18)11-8-15-9-12-17(13-10-15)19(21)22/h1-9,11-12,14-15,23H,10,13,16H2,(H,24,25);4-7,9-10,12-13,20H,2-3,8,11,14H2,1H3,(H,21,22). The molecule has 0 aliphatic heterocycles. The molecule has 0 fully saturated rings. The number of benzene rings is 5. The first-order chi connectivity index (χ1) is 25.3. The average Bonchev–Trinajstić information content (AvgIpc) is 3.14. The van der Waals surface area contributed by atoms with Crippen LogP contribution in [-0.2, 0) is 51.5 Å². The molecule has 0 saturated heterocycles. The second-order valence-electron chi connectivity index (χ2n) is 12.4. The highest BCUT2D eigenvalue weighted by atomic mass is 32.2. The van der Waals surface area contributed by atoms with Crippen LogP contribution in [0.25, 0.3) is 0 Å². The van der Waals surface area contributed by atoms with E-state index < -0.39 is 32.0 Å². The Morgan fingerprint density at radius 3 is 1.36 bits per heavy atom. The van der Waals surface area contributed by atoms with Crippen LogP contribution >= 0.6 is 0 Å². The summed E-state index contributed by atoms with van der Waals surface area (Å²) in [6, 6.07) is 37.2. The minimum absolute atomic E-state index is 0.0845. The first kappa shape index (κ1) is 40.3. The van der Waals surface area contributed by atoms with Crippen LogP contribution in [0.15, 0.2) is 127 Å². The van der Waals surface area contributed by atoms with Gasteiger partial charge in [0.2, 0.25) is 20.0 Å². The van der Waals surface area contributed by atoms with Gasteiger partial charge in [0.05, 0.1) is 34.0 Å². The van der Waals surface area contributed by atoms with E-state index in [2.05, 4.69) is 9.44 Å². The molecule has 5 rings (SSSR count). The van der Waals surface area contributed by atoms with E-state index in [1.165, 1.54) is 0 Å². The first-order valence-electron chi connectivity index (χ1n) is 17.2. The van der Waals surface area contributed by atoms with E-state index >= 15 is 0 Å². The molecule has 12 heteroatoms. The fourth-order valence-corrected chi connectivity index (χ4v) is 7.95. The fraction of sp³-hybridized carbons (Fsp3) is 0.220. The maximum atomic E-state index is 12.5. The maximum Gasteiger partial charge on any atom is 0.335 e. The van der Waals surface area contributed by atoms with Crippen LogP contribution in [0.3, 0.4) is 0 Å². The zero-order valence-electron chi connectivity index (χ0n) is 29.4. The number of hydrogen-bond acceptors (Lipinski definition) is 6. The summed E-state index contributed by atoms with van der Waals surface area (Å²) in [6.45, 7) is 1.96. The number of hydrogen-bond donors (Lipinski definition) is 4. The smallest absolute Gasteiger partial charge is 0.335 e. The quantitative estimate of drug-likeness (QED) is 0.0745. The Kier molecular flexibility index (Phi) is 14.8. The van der Waals surface area contributed by atoms with Gasteiger partial charge in [-0.25, -0.2) is 26.4 Å². The van der Waals surface area contributed by atoms with Crippen molar-refractivity contribution in [2.75, 3.05) is 15.2 Å². The molecule has 0 spiro atoms. The van der Waals surface area contributed by atoms with E-state index in [0.29, 0.717) is 43.5 Å². The second-order valence-corrected chi connectivity index (χ2v) is 16.0. The second kappa shape index (κ2) is 19.4. The van der Waals surface area contributed by atoms with Crippen LogP contribution in [-0.4, -0.2) is 44.7 Å². The lowest BCUT2D eigenvalue weighted by Gasteiger charge is -2.13. The number of unbranched alkanes of at least 4 members (excludes halogenated alkanes) is 1. The average molecular weight is 757 g/mol. The van der Waals surface area contributed by atoms with Gasteiger partial charge in [0.25, 0.3) is 0 Å². The highest BCUT2D eigenvalue weighted by Gasteiger charge is 2.15. The summed E-state index contributed by atoms with van der Waals surface area (Å²) in [7, 11) is -6.86. The number of anilines is 2. The van der Waals surface area contributed by atoms with Crippen molar-refractivity contribution in [3.05, 3.63) is 166 Å². The molecule has 0 aliphatic carbocycles.